The molecule has 2 aromatic rings. The second-order valence-electron chi connectivity index (χ2n) is 6.74. The molecule has 3 rings (SSSR count). The predicted octanol–water partition coefficient (Wildman–Crippen LogP) is 3.61. The Morgan fingerprint density at radius 2 is 1.97 bits per heavy atom. The lowest BCUT2D eigenvalue weighted by molar-refractivity contribution is -0.124. The van der Waals surface area contributed by atoms with Crippen molar-refractivity contribution in [1.29, 1.82) is 0 Å². The first-order valence-electron chi connectivity index (χ1n) is 9.63. The second-order valence-corrected chi connectivity index (χ2v) is 7.81. The molecule has 1 aliphatic rings. The van der Waals surface area contributed by atoms with E-state index >= 15 is 0 Å². The van der Waals surface area contributed by atoms with Gasteiger partial charge in [0.2, 0.25) is 0 Å². The van der Waals surface area contributed by atoms with Gasteiger partial charge in [-0.25, -0.2) is 9.18 Å². The first-order valence-corrected chi connectivity index (χ1v) is 10.6. The fourth-order valence-corrected chi connectivity index (χ4v) is 4.09. The van der Waals surface area contributed by atoms with Crippen molar-refractivity contribution >= 4 is 23.6 Å². The highest BCUT2D eigenvalue weighted by molar-refractivity contribution is 7.99. The monoisotopic (exact) mass is 417 g/mol. The van der Waals surface area contributed by atoms with E-state index in [-0.39, 0.29) is 24.4 Å². The van der Waals surface area contributed by atoms with Crippen LogP contribution >= 0.6 is 11.8 Å². The van der Waals surface area contributed by atoms with Gasteiger partial charge in [0.15, 0.2) is 6.61 Å². The van der Waals surface area contributed by atoms with Gasteiger partial charge >= 0.3 is 5.97 Å². The van der Waals surface area contributed by atoms with E-state index in [2.05, 4.69) is 5.32 Å². The number of benzene rings is 2. The summed E-state index contributed by atoms with van der Waals surface area (Å²) in [5, 5.41) is 2.70. The van der Waals surface area contributed by atoms with Crippen LogP contribution in [-0.2, 0) is 20.7 Å². The van der Waals surface area contributed by atoms with Gasteiger partial charge < -0.3 is 14.8 Å². The van der Waals surface area contributed by atoms with Crippen LogP contribution < -0.4 is 5.32 Å². The summed E-state index contributed by atoms with van der Waals surface area (Å²) >= 11 is 1.57. The lowest BCUT2D eigenvalue weighted by Gasteiger charge is -2.12. The molecule has 0 aliphatic carbocycles. The molecular weight excluding hydrogens is 393 g/mol. The van der Waals surface area contributed by atoms with Gasteiger partial charge in [-0.15, -0.1) is 11.8 Å². The second kappa shape index (κ2) is 11.0. The average Bonchev–Trinajstić information content (AvgIpc) is 3.26. The number of halogens is 1. The molecule has 0 bridgehead atoms. The van der Waals surface area contributed by atoms with Crippen LogP contribution in [0.3, 0.4) is 0 Å². The van der Waals surface area contributed by atoms with E-state index in [9.17, 15) is 14.0 Å². The number of carbonyl (C=O) groups excluding carboxylic acids is 2. The molecule has 1 saturated heterocycles. The molecule has 0 aromatic heterocycles. The van der Waals surface area contributed by atoms with E-state index in [4.69, 9.17) is 9.47 Å². The van der Waals surface area contributed by atoms with Gasteiger partial charge in [-0.1, -0.05) is 24.3 Å². The van der Waals surface area contributed by atoms with E-state index in [0.29, 0.717) is 18.5 Å². The standard InChI is InChI=1S/C22H24FNO4S/c23-17-9-7-16(8-10-17)11-12-24-21(25)14-28-22(26)19-5-1-2-6-20(19)29-15-18-4-3-13-27-18/h1-2,5-10,18H,3-4,11-15H2,(H,24,25)/t18-/m0/s1. The third kappa shape index (κ3) is 6.87. The summed E-state index contributed by atoms with van der Waals surface area (Å²) in [5.41, 5.74) is 1.37. The van der Waals surface area contributed by atoms with Crippen LogP contribution in [-0.4, -0.2) is 43.5 Å². The van der Waals surface area contributed by atoms with Crippen LogP contribution in [0.2, 0.25) is 0 Å². The maximum absolute atomic E-state index is 12.9. The lowest BCUT2D eigenvalue weighted by Crippen LogP contribution is -2.30. The molecule has 1 atom stereocenters. The molecule has 2 aromatic carbocycles. The minimum absolute atomic E-state index is 0.218. The number of rotatable bonds is 9. The third-order valence-electron chi connectivity index (χ3n) is 4.54. The van der Waals surface area contributed by atoms with Crippen LogP contribution in [0.15, 0.2) is 53.4 Å². The molecule has 1 fully saturated rings. The van der Waals surface area contributed by atoms with Crippen molar-refractivity contribution in [2.75, 3.05) is 25.5 Å². The molecule has 29 heavy (non-hydrogen) atoms. The highest BCUT2D eigenvalue weighted by atomic mass is 32.2. The molecule has 1 aliphatic heterocycles. The Hall–Kier alpha value is -2.38. The maximum atomic E-state index is 12.9. The molecule has 0 unspecified atom stereocenters. The summed E-state index contributed by atoms with van der Waals surface area (Å²) in [7, 11) is 0. The first-order chi connectivity index (χ1) is 14.1. The molecule has 1 heterocycles. The van der Waals surface area contributed by atoms with Gasteiger partial charge in [0.1, 0.15) is 5.82 Å². The maximum Gasteiger partial charge on any atom is 0.339 e. The number of esters is 1. The van der Waals surface area contributed by atoms with Crippen LogP contribution in [0.5, 0.6) is 0 Å². The van der Waals surface area contributed by atoms with Crippen molar-refractivity contribution < 1.29 is 23.5 Å². The van der Waals surface area contributed by atoms with E-state index in [0.717, 1.165) is 35.7 Å². The van der Waals surface area contributed by atoms with Gasteiger partial charge in [0, 0.05) is 23.8 Å². The number of thioether (sulfide) groups is 1. The summed E-state index contributed by atoms with van der Waals surface area (Å²) in [6.07, 6.45) is 2.90. The Kier molecular flexibility index (Phi) is 8.07. The molecule has 7 heteroatoms. The lowest BCUT2D eigenvalue weighted by atomic mass is 10.1. The number of hydrogen-bond acceptors (Lipinski definition) is 5. The molecule has 1 amide bonds. The summed E-state index contributed by atoms with van der Waals surface area (Å²) in [4.78, 5) is 25.2. The Labute approximate surface area is 174 Å². The SMILES string of the molecule is O=C(COC(=O)c1ccccc1SC[C@@H]1CCCO1)NCCc1ccc(F)cc1. The van der Waals surface area contributed by atoms with Gasteiger partial charge in [-0.3, -0.25) is 4.79 Å². The number of amides is 1. The van der Waals surface area contributed by atoms with Gasteiger partial charge in [0.05, 0.1) is 11.7 Å². The van der Waals surface area contributed by atoms with Crippen molar-refractivity contribution in [3.05, 3.63) is 65.5 Å². The van der Waals surface area contributed by atoms with Crippen molar-refractivity contribution in [3.8, 4) is 0 Å². The minimum atomic E-state index is -0.519. The molecule has 154 valence electrons. The fraction of sp³-hybridized carbons (Fsp3) is 0.364. The van der Waals surface area contributed by atoms with E-state index < -0.39 is 5.97 Å². The molecule has 1 N–H and O–H groups in total. The van der Waals surface area contributed by atoms with Crippen molar-refractivity contribution in [2.24, 2.45) is 0 Å². The summed E-state index contributed by atoms with van der Waals surface area (Å²) < 4.78 is 23.7. The van der Waals surface area contributed by atoms with Crippen molar-refractivity contribution in [3.63, 3.8) is 0 Å². The number of carbonyl (C=O) groups is 2. The van der Waals surface area contributed by atoms with E-state index in [1.165, 1.54) is 12.1 Å². The van der Waals surface area contributed by atoms with Gasteiger partial charge in [-0.05, 0) is 49.1 Å². The Balaban J connectivity index is 1.42. The number of nitrogens with one attached hydrogen (secondary N) is 1. The van der Waals surface area contributed by atoms with Crippen LogP contribution in [0, 0.1) is 5.82 Å². The average molecular weight is 418 g/mol. The Morgan fingerprint density at radius 3 is 2.72 bits per heavy atom. The topological polar surface area (TPSA) is 64.6 Å². The number of hydrogen-bond donors (Lipinski definition) is 1. The zero-order chi connectivity index (χ0) is 20.5. The van der Waals surface area contributed by atoms with Crippen LogP contribution in [0.1, 0.15) is 28.8 Å². The summed E-state index contributed by atoms with van der Waals surface area (Å²) in [6.45, 7) is 0.841. The Bertz CT molecular complexity index is 822. The highest BCUT2D eigenvalue weighted by Gasteiger charge is 2.19. The first kappa shape index (κ1) is 21.3. The van der Waals surface area contributed by atoms with Crippen molar-refractivity contribution in [2.45, 2.75) is 30.3 Å². The van der Waals surface area contributed by atoms with Crippen LogP contribution in [0.4, 0.5) is 4.39 Å². The highest BCUT2D eigenvalue weighted by Crippen LogP contribution is 2.27. The Morgan fingerprint density at radius 1 is 1.17 bits per heavy atom. The zero-order valence-corrected chi connectivity index (χ0v) is 16.9. The summed E-state index contributed by atoms with van der Waals surface area (Å²) in [6, 6.07) is 13.3. The summed E-state index contributed by atoms with van der Waals surface area (Å²) in [5.74, 6) is -0.397. The number of ether oxygens (including phenoxy) is 2. The molecule has 0 spiro atoms. The third-order valence-corrected chi connectivity index (χ3v) is 5.74. The fourth-order valence-electron chi connectivity index (χ4n) is 2.98. The smallest absolute Gasteiger partial charge is 0.339 e. The predicted molar refractivity (Wildman–Crippen MR) is 110 cm³/mol. The zero-order valence-electron chi connectivity index (χ0n) is 16.1. The molecular formula is C22H24FNO4S. The quantitative estimate of drug-likeness (QED) is 0.499. The van der Waals surface area contributed by atoms with Crippen molar-refractivity contribution in [1.82, 2.24) is 5.32 Å². The van der Waals surface area contributed by atoms with E-state index in [1.807, 2.05) is 12.1 Å². The van der Waals surface area contributed by atoms with Gasteiger partial charge in [-0.2, -0.15) is 0 Å². The minimum Gasteiger partial charge on any atom is -0.452 e. The molecule has 0 saturated carbocycles. The normalized spacial score (nSPS) is 15.8. The van der Waals surface area contributed by atoms with Crippen LogP contribution in [0.25, 0.3) is 0 Å². The molecule has 0 radical (unpaired) electrons. The van der Waals surface area contributed by atoms with Gasteiger partial charge in [0.25, 0.3) is 5.91 Å². The largest absolute Gasteiger partial charge is 0.452 e. The van der Waals surface area contributed by atoms with E-state index in [1.54, 1.807) is 36.0 Å². The molecule has 5 nitrogen and oxygen atoms in total.